The first-order chi connectivity index (χ1) is 6.45. The van der Waals surface area contributed by atoms with Gasteiger partial charge in [-0.1, -0.05) is 6.92 Å². The number of rotatable bonds is 7. The quantitative estimate of drug-likeness (QED) is 0.617. The second-order valence-electron chi connectivity index (χ2n) is 4.01. The van der Waals surface area contributed by atoms with Crippen LogP contribution in [0.15, 0.2) is 0 Å². The molecule has 0 aromatic heterocycles. The van der Waals surface area contributed by atoms with Crippen LogP contribution in [-0.2, 0) is 13.3 Å². The lowest BCUT2D eigenvalue weighted by Crippen LogP contribution is -2.35. The van der Waals surface area contributed by atoms with Crippen LogP contribution in [0.3, 0.4) is 0 Å². The van der Waals surface area contributed by atoms with E-state index < -0.39 is 9.53 Å². The average molecular weight is 220 g/mol. The van der Waals surface area contributed by atoms with Gasteiger partial charge in [0.2, 0.25) is 0 Å². The first-order valence-electron chi connectivity index (χ1n) is 5.42. The lowest BCUT2D eigenvalue weighted by molar-refractivity contribution is 0.0281. The fraction of sp³-hybridized carbons (Fsp3) is 1.00. The van der Waals surface area contributed by atoms with Crippen molar-refractivity contribution < 1.29 is 13.3 Å². The van der Waals surface area contributed by atoms with E-state index in [9.17, 15) is 0 Å². The van der Waals surface area contributed by atoms with Crippen LogP contribution in [0.5, 0.6) is 0 Å². The summed E-state index contributed by atoms with van der Waals surface area (Å²) in [5.74, 6) is 0. The second-order valence-corrected chi connectivity index (χ2v) is 5.41. The monoisotopic (exact) mass is 220 g/mol. The predicted octanol–water partition coefficient (Wildman–Crippen LogP) is 2.37. The van der Waals surface area contributed by atoms with E-state index in [-0.39, 0.29) is 18.3 Å². The molecule has 0 saturated carbocycles. The van der Waals surface area contributed by atoms with Gasteiger partial charge in [-0.3, -0.25) is 0 Å². The maximum absolute atomic E-state index is 5.72. The maximum Gasteiger partial charge on any atom is 0.484 e. The van der Waals surface area contributed by atoms with Crippen molar-refractivity contribution in [3.63, 3.8) is 0 Å². The Morgan fingerprint density at radius 2 is 1.29 bits per heavy atom. The molecular formula is C10H24O3Si. The molecule has 3 nitrogen and oxygen atoms in total. The summed E-state index contributed by atoms with van der Waals surface area (Å²) in [5.41, 5.74) is 0. The highest BCUT2D eigenvalue weighted by atomic mass is 28.3. The largest absolute Gasteiger partial charge is 0.484 e. The first kappa shape index (κ1) is 14.1. The van der Waals surface area contributed by atoms with Gasteiger partial charge in [0.05, 0.1) is 0 Å². The van der Waals surface area contributed by atoms with Crippen molar-refractivity contribution in [2.75, 3.05) is 0 Å². The SMILES string of the molecule is CCC(C)O[SiH](OC(C)C)OC(C)C. The molecule has 0 aliphatic carbocycles. The molecule has 0 aromatic rings. The molecule has 0 radical (unpaired) electrons. The lowest BCUT2D eigenvalue weighted by atomic mass is 10.3. The summed E-state index contributed by atoms with van der Waals surface area (Å²) in [6.45, 7) is 12.2. The zero-order chi connectivity index (χ0) is 11.1. The number of hydrogen-bond acceptors (Lipinski definition) is 3. The van der Waals surface area contributed by atoms with E-state index in [4.69, 9.17) is 13.3 Å². The highest BCUT2D eigenvalue weighted by molar-refractivity contribution is 6.36. The molecule has 0 amide bonds. The molecular weight excluding hydrogens is 196 g/mol. The fourth-order valence-corrected chi connectivity index (χ4v) is 2.48. The molecule has 0 heterocycles. The van der Waals surface area contributed by atoms with Crippen LogP contribution < -0.4 is 0 Å². The third kappa shape index (κ3) is 7.50. The number of hydrogen-bond donors (Lipinski definition) is 0. The molecule has 0 N–H and O–H groups in total. The van der Waals surface area contributed by atoms with E-state index in [0.717, 1.165) is 6.42 Å². The van der Waals surface area contributed by atoms with Crippen LogP contribution in [0.4, 0.5) is 0 Å². The van der Waals surface area contributed by atoms with Gasteiger partial charge >= 0.3 is 9.53 Å². The van der Waals surface area contributed by atoms with Crippen LogP contribution in [0, 0.1) is 0 Å². The van der Waals surface area contributed by atoms with Crippen molar-refractivity contribution in [1.82, 2.24) is 0 Å². The molecule has 1 atom stereocenters. The topological polar surface area (TPSA) is 27.7 Å². The highest BCUT2D eigenvalue weighted by Crippen LogP contribution is 2.06. The van der Waals surface area contributed by atoms with Gasteiger partial charge in [0.15, 0.2) is 0 Å². The Bertz CT molecular complexity index is 129. The Labute approximate surface area is 89.7 Å². The summed E-state index contributed by atoms with van der Waals surface area (Å²) in [5, 5.41) is 0. The van der Waals surface area contributed by atoms with Gasteiger partial charge in [0, 0.05) is 18.3 Å². The van der Waals surface area contributed by atoms with Gasteiger partial charge in [0.1, 0.15) is 0 Å². The summed E-state index contributed by atoms with van der Waals surface area (Å²) < 4.78 is 17.0. The van der Waals surface area contributed by atoms with E-state index in [0.29, 0.717) is 0 Å². The van der Waals surface area contributed by atoms with Crippen LogP contribution in [0.1, 0.15) is 48.0 Å². The van der Waals surface area contributed by atoms with Gasteiger partial charge in [-0.25, -0.2) is 0 Å². The molecule has 0 fully saturated rings. The molecule has 4 heteroatoms. The van der Waals surface area contributed by atoms with E-state index in [1.54, 1.807) is 0 Å². The average Bonchev–Trinajstić information content (AvgIpc) is 2.01. The van der Waals surface area contributed by atoms with Crippen molar-refractivity contribution in [2.45, 2.75) is 66.3 Å². The van der Waals surface area contributed by atoms with Crippen molar-refractivity contribution in [3.8, 4) is 0 Å². The molecule has 1 unspecified atom stereocenters. The predicted molar refractivity (Wildman–Crippen MR) is 60.4 cm³/mol. The lowest BCUT2D eigenvalue weighted by Gasteiger charge is -2.23. The minimum absolute atomic E-state index is 0.175. The van der Waals surface area contributed by atoms with Gasteiger partial charge < -0.3 is 13.3 Å². The maximum atomic E-state index is 5.72. The summed E-state index contributed by atoms with van der Waals surface area (Å²) in [4.78, 5) is 0. The molecule has 0 rings (SSSR count). The normalized spacial score (nSPS) is 14.4. The van der Waals surface area contributed by atoms with Crippen LogP contribution >= 0.6 is 0 Å². The summed E-state index contributed by atoms with van der Waals surface area (Å²) in [7, 11) is -1.93. The zero-order valence-electron chi connectivity index (χ0n) is 10.2. The summed E-state index contributed by atoms with van der Waals surface area (Å²) in [6, 6.07) is 0. The highest BCUT2D eigenvalue weighted by Gasteiger charge is 2.21. The molecule has 0 bridgehead atoms. The Balaban J connectivity index is 3.96. The Hall–Kier alpha value is 0.0969. The molecule has 0 aliphatic heterocycles. The van der Waals surface area contributed by atoms with Gasteiger partial charge in [0.25, 0.3) is 0 Å². The Kier molecular flexibility index (Phi) is 7.45. The third-order valence-electron chi connectivity index (χ3n) is 1.68. The van der Waals surface area contributed by atoms with Crippen molar-refractivity contribution in [2.24, 2.45) is 0 Å². The van der Waals surface area contributed by atoms with Gasteiger partial charge in [-0.2, -0.15) is 0 Å². The molecule has 0 spiro atoms. The van der Waals surface area contributed by atoms with Gasteiger partial charge in [-0.05, 0) is 41.0 Å². The second kappa shape index (κ2) is 7.40. The molecule has 0 aromatic carbocycles. The minimum Gasteiger partial charge on any atom is -0.373 e. The molecule has 14 heavy (non-hydrogen) atoms. The van der Waals surface area contributed by atoms with Gasteiger partial charge in [-0.15, -0.1) is 0 Å². The van der Waals surface area contributed by atoms with Crippen LogP contribution in [-0.4, -0.2) is 27.8 Å². The summed E-state index contributed by atoms with van der Waals surface area (Å²) >= 11 is 0. The molecule has 0 aliphatic rings. The van der Waals surface area contributed by atoms with Crippen molar-refractivity contribution in [1.29, 1.82) is 0 Å². The molecule has 86 valence electrons. The fourth-order valence-electron chi connectivity index (χ4n) is 0.827. The van der Waals surface area contributed by atoms with Crippen LogP contribution in [0.25, 0.3) is 0 Å². The zero-order valence-corrected chi connectivity index (χ0v) is 11.4. The smallest absolute Gasteiger partial charge is 0.373 e. The summed E-state index contributed by atoms with van der Waals surface area (Å²) in [6.07, 6.45) is 1.57. The first-order valence-corrected chi connectivity index (χ1v) is 6.83. The van der Waals surface area contributed by atoms with E-state index in [2.05, 4.69) is 6.92 Å². The van der Waals surface area contributed by atoms with Crippen LogP contribution in [0.2, 0.25) is 0 Å². The Morgan fingerprint density at radius 3 is 1.57 bits per heavy atom. The Morgan fingerprint density at radius 1 is 0.857 bits per heavy atom. The minimum atomic E-state index is -1.93. The third-order valence-corrected chi connectivity index (χ3v) is 3.90. The van der Waals surface area contributed by atoms with Crippen molar-refractivity contribution in [3.05, 3.63) is 0 Å². The van der Waals surface area contributed by atoms with E-state index >= 15 is 0 Å². The standard InChI is InChI=1S/C10H24O3Si/c1-7-10(6)13-14(11-8(2)3)12-9(4)5/h8-10,14H,7H2,1-6H3. The van der Waals surface area contributed by atoms with E-state index in [1.807, 2.05) is 34.6 Å². The van der Waals surface area contributed by atoms with Crippen molar-refractivity contribution >= 4 is 9.53 Å². The molecule has 0 saturated heterocycles. The van der Waals surface area contributed by atoms with E-state index in [1.165, 1.54) is 0 Å².